The predicted octanol–water partition coefficient (Wildman–Crippen LogP) is -0.191. The number of rotatable bonds is 0. The standard InChI is InChI=1S/C4H9NOSi/c1-4-3-5(2)6-7-4/h3H,7H2,1-2H3. The second kappa shape index (κ2) is 1.67. The van der Waals surface area contributed by atoms with E-state index in [0.29, 0.717) is 0 Å². The lowest BCUT2D eigenvalue weighted by atomic mass is 10.7. The summed E-state index contributed by atoms with van der Waals surface area (Å²) in [7, 11) is 1.63. The van der Waals surface area contributed by atoms with Crippen LogP contribution in [-0.4, -0.2) is 21.9 Å². The fraction of sp³-hybridized carbons (Fsp3) is 0.500. The molecule has 0 bridgehead atoms. The van der Waals surface area contributed by atoms with Crippen molar-refractivity contribution < 1.29 is 4.53 Å². The van der Waals surface area contributed by atoms with Gasteiger partial charge in [-0.3, -0.25) is 5.06 Å². The van der Waals surface area contributed by atoms with Crippen molar-refractivity contribution in [1.29, 1.82) is 0 Å². The van der Waals surface area contributed by atoms with Crippen LogP contribution in [-0.2, 0) is 4.53 Å². The Morgan fingerprint density at radius 1 is 1.86 bits per heavy atom. The van der Waals surface area contributed by atoms with E-state index < -0.39 is 0 Å². The van der Waals surface area contributed by atoms with Gasteiger partial charge in [-0.15, -0.1) is 0 Å². The summed E-state index contributed by atoms with van der Waals surface area (Å²) >= 11 is 0. The molecule has 1 aliphatic rings. The van der Waals surface area contributed by atoms with Crippen LogP contribution in [0.15, 0.2) is 11.4 Å². The molecule has 2 nitrogen and oxygen atoms in total. The molecule has 1 heterocycles. The van der Waals surface area contributed by atoms with Gasteiger partial charge >= 0.3 is 0 Å². The van der Waals surface area contributed by atoms with Crippen LogP contribution in [0.4, 0.5) is 0 Å². The van der Waals surface area contributed by atoms with E-state index in [1.54, 1.807) is 5.06 Å². The van der Waals surface area contributed by atoms with Crippen LogP contribution in [0.1, 0.15) is 6.92 Å². The SMILES string of the molecule is CC1=CN(C)O[SiH2]1. The first-order valence-electron chi connectivity index (χ1n) is 2.32. The summed E-state index contributed by atoms with van der Waals surface area (Å²) in [5, 5.41) is 3.20. The van der Waals surface area contributed by atoms with Gasteiger partial charge in [0.2, 0.25) is 9.76 Å². The van der Waals surface area contributed by atoms with Crippen LogP contribution in [0, 0.1) is 0 Å². The fourth-order valence-corrected chi connectivity index (χ4v) is 1.40. The highest BCUT2D eigenvalue weighted by molar-refractivity contribution is 6.38. The Kier molecular flexibility index (Phi) is 1.16. The Morgan fingerprint density at radius 2 is 2.57 bits per heavy atom. The van der Waals surface area contributed by atoms with Crippen LogP contribution >= 0.6 is 0 Å². The molecule has 7 heavy (non-hydrogen) atoms. The summed E-state index contributed by atoms with van der Waals surface area (Å²) in [6.07, 6.45) is 2.03. The molecule has 0 unspecified atom stereocenters. The van der Waals surface area contributed by atoms with Gasteiger partial charge in [0.15, 0.2) is 0 Å². The van der Waals surface area contributed by atoms with Gasteiger partial charge in [0.25, 0.3) is 0 Å². The largest absolute Gasteiger partial charge is 0.323 e. The van der Waals surface area contributed by atoms with Gasteiger partial charge in [-0.05, 0) is 12.1 Å². The number of hydroxylamine groups is 2. The molecule has 1 aliphatic heterocycles. The second-order valence-corrected chi connectivity index (χ2v) is 3.46. The summed E-state index contributed by atoms with van der Waals surface area (Å²) in [5.41, 5.74) is 0. The minimum atomic E-state index is -0.293. The van der Waals surface area contributed by atoms with Crippen molar-refractivity contribution >= 4 is 9.76 Å². The number of nitrogens with zero attached hydrogens (tertiary/aromatic N) is 1. The summed E-state index contributed by atoms with van der Waals surface area (Å²) in [4.78, 5) is 0. The van der Waals surface area contributed by atoms with Crippen LogP contribution in [0.3, 0.4) is 0 Å². The summed E-state index contributed by atoms with van der Waals surface area (Å²) in [6.45, 7) is 2.11. The summed E-state index contributed by atoms with van der Waals surface area (Å²) < 4.78 is 5.14. The molecule has 0 aromatic rings. The lowest BCUT2D eigenvalue weighted by Crippen LogP contribution is -2.05. The molecule has 0 spiro atoms. The maximum atomic E-state index is 5.14. The Morgan fingerprint density at radius 3 is 2.71 bits per heavy atom. The molecule has 0 saturated carbocycles. The summed E-state index contributed by atoms with van der Waals surface area (Å²) in [5.74, 6) is 0. The van der Waals surface area contributed by atoms with Gasteiger partial charge in [-0.2, -0.15) is 0 Å². The van der Waals surface area contributed by atoms with Crippen molar-refractivity contribution in [3.63, 3.8) is 0 Å². The smallest absolute Gasteiger partial charge is 0.227 e. The number of allylic oxidation sites excluding steroid dienone is 1. The molecule has 0 aliphatic carbocycles. The molecule has 0 aromatic heterocycles. The van der Waals surface area contributed by atoms with Crippen molar-refractivity contribution in [1.82, 2.24) is 5.06 Å². The van der Waals surface area contributed by atoms with Gasteiger partial charge in [0, 0.05) is 13.2 Å². The Hall–Kier alpha value is -0.283. The Bertz CT molecular complexity index is 102. The van der Waals surface area contributed by atoms with E-state index in [0.717, 1.165) is 0 Å². The van der Waals surface area contributed by atoms with E-state index in [1.165, 1.54) is 5.20 Å². The van der Waals surface area contributed by atoms with E-state index in [4.69, 9.17) is 4.53 Å². The first-order valence-corrected chi connectivity index (χ1v) is 3.60. The van der Waals surface area contributed by atoms with Crippen molar-refractivity contribution in [3.8, 4) is 0 Å². The maximum Gasteiger partial charge on any atom is 0.227 e. The van der Waals surface area contributed by atoms with E-state index >= 15 is 0 Å². The lowest BCUT2D eigenvalue weighted by Gasteiger charge is -2.03. The normalized spacial score (nSPS) is 23.7. The van der Waals surface area contributed by atoms with Gasteiger partial charge in [0.1, 0.15) is 0 Å². The quantitative estimate of drug-likeness (QED) is 0.406. The maximum absolute atomic E-state index is 5.14. The average Bonchev–Trinajstić information content (AvgIpc) is 1.87. The van der Waals surface area contributed by atoms with E-state index in [9.17, 15) is 0 Å². The van der Waals surface area contributed by atoms with E-state index in [-0.39, 0.29) is 9.76 Å². The molecule has 0 saturated heterocycles. The van der Waals surface area contributed by atoms with Gasteiger partial charge < -0.3 is 4.53 Å². The van der Waals surface area contributed by atoms with Gasteiger partial charge in [-0.25, -0.2) is 0 Å². The summed E-state index contributed by atoms with van der Waals surface area (Å²) in [6, 6.07) is 0. The second-order valence-electron chi connectivity index (χ2n) is 1.80. The number of hydrogen-bond donors (Lipinski definition) is 0. The molecule has 0 fully saturated rings. The molecular weight excluding hydrogens is 106 g/mol. The van der Waals surface area contributed by atoms with Crippen LogP contribution < -0.4 is 0 Å². The molecule has 40 valence electrons. The highest BCUT2D eigenvalue weighted by Crippen LogP contribution is 2.02. The van der Waals surface area contributed by atoms with Crippen molar-refractivity contribution in [3.05, 3.63) is 11.4 Å². The average molecular weight is 115 g/mol. The van der Waals surface area contributed by atoms with Crippen molar-refractivity contribution in [2.45, 2.75) is 6.92 Å². The molecule has 0 radical (unpaired) electrons. The molecular formula is C4H9NOSi. The Labute approximate surface area is 45.7 Å². The molecule has 0 aromatic carbocycles. The zero-order valence-corrected chi connectivity index (χ0v) is 6.05. The topological polar surface area (TPSA) is 12.5 Å². The molecule has 0 N–H and O–H groups in total. The first kappa shape index (κ1) is 4.87. The van der Waals surface area contributed by atoms with Crippen molar-refractivity contribution in [2.75, 3.05) is 7.05 Å². The third-order valence-corrected chi connectivity index (χ3v) is 2.07. The third kappa shape index (κ3) is 1.04. The Balaban J connectivity index is 2.50. The highest BCUT2D eigenvalue weighted by Gasteiger charge is 2.03. The van der Waals surface area contributed by atoms with Crippen molar-refractivity contribution in [2.24, 2.45) is 0 Å². The lowest BCUT2D eigenvalue weighted by molar-refractivity contribution is 0.0380. The molecule has 3 heteroatoms. The van der Waals surface area contributed by atoms with E-state index in [1.807, 2.05) is 13.2 Å². The van der Waals surface area contributed by atoms with E-state index in [2.05, 4.69) is 6.92 Å². The van der Waals surface area contributed by atoms with Gasteiger partial charge in [-0.1, -0.05) is 0 Å². The van der Waals surface area contributed by atoms with Gasteiger partial charge in [0.05, 0.1) is 0 Å². The molecule has 0 amide bonds. The highest BCUT2D eigenvalue weighted by atomic mass is 28.2. The first-order chi connectivity index (χ1) is 3.29. The van der Waals surface area contributed by atoms with Crippen LogP contribution in [0.5, 0.6) is 0 Å². The zero-order valence-electron chi connectivity index (χ0n) is 4.64. The minimum Gasteiger partial charge on any atom is -0.323 e. The third-order valence-electron chi connectivity index (χ3n) is 0.898. The van der Waals surface area contributed by atoms with Crippen LogP contribution in [0.25, 0.3) is 0 Å². The minimum absolute atomic E-state index is 0.293. The zero-order chi connectivity index (χ0) is 5.28. The molecule has 1 rings (SSSR count). The molecule has 0 atom stereocenters. The predicted molar refractivity (Wildman–Crippen MR) is 31.1 cm³/mol. The monoisotopic (exact) mass is 115 g/mol. The fourth-order valence-electron chi connectivity index (χ4n) is 0.589. The number of hydrogen-bond acceptors (Lipinski definition) is 2. The van der Waals surface area contributed by atoms with Crippen LogP contribution in [0.2, 0.25) is 0 Å².